The van der Waals surface area contributed by atoms with Crippen LogP contribution in [0.25, 0.3) is 5.78 Å². The summed E-state index contributed by atoms with van der Waals surface area (Å²) in [7, 11) is 0. The fraction of sp³-hybridized carbons (Fsp3) is 0.294. The number of nitrogens with zero attached hydrogens (tertiary/aromatic N) is 3. The van der Waals surface area contributed by atoms with Crippen molar-refractivity contribution in [1.29, 1.82) is 0 Å². The van der Waals surface area contributed by atoms with E-state index in [4.69, 9.17) is 11.6 Å². The van der Waals surface area contributed by atoms with Crippen LogP contribution >= 0.6 is 11.6 Å². The number of benzene rings is 1. The van der Waals surface area contributed by atoms with Gasteiger partial charge in [0.15, 0.2) is 0 Å². The highest BCUT2D eigenvalue weighted by atomic mass is 35.5. The molecule has 2 aromatic heterocycles. The number of alkyl halides is 3. The number of fused-ring (bicyclic) bond motifs is 1. The molecule has 3 rings (SSSR count). The highest BCUT2D eigenvalue weighted by Crippen LogP contribution is 2.33. The topological polar surface area (TPSA) is 39.3 Å². The third-order valence-electron chi connectivity index (χ3n) is 4.45. The van der Waals surface area contributed by atoms with Crippen LogP contribution in [0.5, 0.6) is 0 Å². The zero-order valence-electron chi connectivity index (χ0n) is 13.8. The Bertz CT molecular complexity index is 1030. The Morgan fingerprint density at radius 2 is 1.84 bits per heavy atom. The average molecular weight is 370 g/mol. The number of hydrogen-bond donors (Lipinski definition) is 0. The van der Waals surface area contributed by atoms with E-state index in [1.54, 1.807) is 24.5 Å². The normalized spacial score (nSPS) is 12.1. The Morgan fingerprint density at radius 3 is 2.48 bits per heavy atom. The molecule has 8 heteroatoms. The maximum atomic E-state index is 13.1. The van der Waals surface area contributed by atoms with Gasteiger partial charge >= 0.3 is 6.18 Å². The Hall–Kier alpha value is -2.28. The van der Waals surface area contributed by atoms with Crippen LogP contribution in [0.2, 0.25) is 5.15 Å². The summed E-state index contributed by atoms with van der Waals surface area (Å²) in [5.74, 6) is 0.310. The molecule has 1 aromatic carbocycles. The molecule has 0 fully saturated rings. The average Bonchev–Trinajstić information content (AvgIpc) is 2.73. The van der Waals surface area contributed by atoms with Crippen LogP contribution in [-0.4, -0.2) is 14.0 Å². The third-order valence-corrected chi connectivity index (χ3v) is 4.65. The van der Waals surface area contributed by atoms with Crippen LogP contribution < -0.4 is 5.56 Å². The van der Waals surface area contributed by atoms with E-state index in [1.807, 2.05) is 0 Å². The first kappa shape index (κ1) is 17.5. The summed E-state index contributed by atoms with van der Waals surface area (Å²) in [6.07, 6.45) is -4.41. The molecule has 0 aliphatic heterocycles. The first-order valence-electron chi connectivity index (χ1n) is 7.52. The first-order valence-corrected chi connectivity index (χ1v) is 7.89. The molecule has 25 heavy (non-hydrogen) atoms. The van der Waals surface area contributed by atoms with E-state index in [-0.39, 0.29) is 22.8 Å². The van der Waals surface area contributed by atoms with Crippen molar-refractivity contribution in [3.8, 4) is 0 Å². The number of hydrogen-bond acceptors (Lipinski definition) is 2. The summed E-state index contributed by atoms with van der Waals surface area (Å²) < 4.78 is 42.5. The van der Waals surface area contributed by atoms with Crippen molar-refractivity contribution >= 4 is 17.4 Å². The van der Waals surface area contributed by atoms with Gasteiger partial charge in [0.2, 0.25) is 5.78 Å². The van der Waals surface area contributed by atoms with Gasteiger partial charge in [0.25, 0.3) is 5.56 Å². The molecule has 4 nitrogen and oxygen atoms in total. The molecule has 0 aliphatic carbocycles. The molecule has 0 bridgehead atoms. The summed E-state index contributed by atoms with van der Waals surface area (Å²) >= 11 is 5.89. The van der Waals surface area contributed by atoms with Crippen molar-refractivity contribution < 1.29 is 13.2 Å². The molecule has 0 saturated heterocycles. The molecular formula is C17H15ClF3N3O. The molecule has 3 aromatic rings. The van der Waals surface area contributed by atoms with Crippen LogP contribution in [-0.2, 0) is 12.7 Å². The lowest BCUT2D eigenvalue weighted by Gasteiger charge is -2.15. The van der Waals surface area contributed by atoms with Crippen LogP contribution in [0.3, 0.4) is 0 Å². The lowest BCUT2D eigenvalue weighted by molar-refractivity contribution is -0.138. The van der Waals surface area contributed by atoms with Crippen LogP contribution in [0, 0.1) is 20.8 Å². The van der Waals surface area contributed by atoms with Gasteiger partial charge in [-0.05, 0) is 38.0 Å². The zero-order chi connectivity index (χ0) is 18.5. The number of aromatic nitrogens is 3. The molecule has 0 aliphatic rings. The third kappa shape index (κ3) is 2.93. The zero-order valence-corrected chi connectivity index (χ0v) is 14.5. The predicted molar refractivity (Wildman–Crippen MR) is 89.2 cm³/mol. The van der Waals surface area contributed by atoms with Gasteiger partial charge in [-0.2, -0.15) is 13.2 Å². The standard InChI is InChI=1S/C17H15ClF3N3O/c1-9-12(5-4-6-13(9)17(19,20)21)8-23-10(2)11(3)24-15(25)7-14(18)22-16(23)24/h4-7H,8H2,1-3H3. The molecule has 0 atom stereocenters. The lowest BCUT2D eigenvalue weighted by Crippen LogP contribution is -2.15. The summed E-state index contributed by atoms with van der Waals surface area (Å²) in [6.45, 7) is 5.15. The van der Waals surface area contributed by atoms with Gasteiger partial charge in [0.05, 0.1) is 12.1 Å². The number of halogens is 4. The summed E-state index contributed by atoms with van der Waals surface area (Å²) in [4.78, 5) is 16.4. The Balaban J connectivity index is 2.21. The summed E-state index contributed by atoms with van der Waals surface area (Å²) in [5, 5.41) is 0.0458. The highest BCUT2D eigenvalue weighted by Gasteiger charge is 2.32. The number of aryl methyl sites for hydroxylation is 1. The molecule has 132 valence electrons. The molecule has 0 saturated carbocycles. The summed E-state index contributed by atoms with van der Waals surface area (Å²) in [5.41, 5.74) is 1.08. The van der Waals surface area contributed by atoms with Gasteiger partial charge in [0.1, 0.15) is 5.15 Å². The largest absolute Gasteiger partial charge is 0.416 e. The molecule has 0 unspecified atom stereocenters. The first-order chi connectivity index (χ1) is 11.6. The van der Waals surface area contributed by atoms with Gasteiger partial charge < -0.3 is 4.57 Å². The Morgan fingerprint density at radius 1 is 1.16 bits per heavy atom. The minimum Gasteiger partial charge on any atom is -0.309 e. The monoisotopic (exact) mass is 369 g/mol. The maximum absolute atomic E-state index is 13.1. The Labute approximate surface area is 146 Å². The van der Waals surface area contributed by atoms with Gasteiger partial charge in [-0.3, -0.25) is 4.79 Å². The van der Waals surface area contributed by atoms with E-state index < -0.39 is 11.7 Å². The van der Waals surface area contributed by atoms with Crippen LogP contribution in [0.1, 0.15) is 28.1 Å². The van der Waals surface area contributed by atoms with Gasteiger partial charge in [-0.1, -0.05) is 23.7 Å². The van der Waals surface area contributed by atoms with E-state index in [9.17, 15) is 18.0 Å². The minimum absolute atomic E-state index is 0.0458. The second kappa shape index (κ2) is 5.91. The Kier molecular flexibility index (Phi) is 4.15. The van der Waals surface area contributed by atoms with Crippen molar-refractivity contribution in [2.75, 3.05) is 0 Å². The van der Waals surface area contributed by atoms with Crippen molar-refractivity contribution in [2.45, 2.75) is 33.5 Å². The van der Waals surface area contributed by atoms with E-state index in [1.165, 1.54) is 23.5 Å². The SMILES string of the molecule is Cc1c(Cn2c(C)c(C)n3c(=O)cc(Cl)nc23)cccc1C(F)(F)F. The molecule has 0 N–H and O–H groups in total. The second-order valence-corrected chi connectivity index (χ2v) is 6.28. The van der Waals surface area contributed by atoms with E-state index in [2.05, 4.69) is 4.98 Å². The van der Waals surface area contributed by atoms with E-state index in [0.29, 0.717) is 17.0 Å². The number of imidazole rings is 1. The molecule has 0 amide bonds. The lowest BCUT2D eigenvalue weighted by atomic mass is 10.0. The molecule has 0 spiro atoms. The minimum atomic E-state index is -4.41. The van der Waals surface area contributed by atoms with E-state index in [0.717, 1.165) is 11.8 Å². The van der Waals surface area contributed by atoms with Crippen molar-refractivity contribution in [3.05, 3.63) is 67.9 Å². The fourth-order valence-electron chi connectivity index (χ4n) is 2.97. The van der Waals surface area contributed by atoms with Crippen molar-refractivity contribution in [1.82, 2.24) is 14.0 Å². The predicted octanol–water partition coefficient (Wildman–Crippen LogP) is 4.14. The van der Waals surface area contributed by atoms with E-state index >= 15 is 0 Å². The molecule has 2 heterocycles. The fourth-order valence-corrected chi connectivity index (χ4v) is 3.14. The van der Waals surface area contributed by atoms with Gasteiger partial charge in [-0.15, -0.1) is 0 Å². The quantitative estimate of drug-likeness (QED) is 0.637. The van der Waals surface area contributed by atoms with Crippen LogP contribution in [0.15, 0.2) is 29.1 Å². The molecular weight excluding hydrogens is 355 g/mol. The van der Waals surface area contributed by atoms with Gasteiger partial charge in [-0.25, -0.2) is 9.38 Å². The summed E-state index contributed by atoms with van der Waals surface area (Å²) in [6, 6.07) is 5.29. The smallest absolute Gasteiger partial charge is 0.309 e. The number of rotatable bonds is 2. The maximum Gasteiger partial charge on any atom is 0.416 e. The van der Waals surface area contributed by atoms with Crippen LogP contribution in [0.4, 0.5) is 13.2 Å². The van der Waals surface area contributed by atoms with Crippen molar-refractivity contribution in [3.63, 3.8) is 0 Å². The highest BCUT2D eigenvalue weighted by molar-refractivity contribution is 6.29. The van der Waals surface area contributed by atoms with Gasteiger partial charge in [0, 0.05) is 17.5 Å². The second-order valence-electron chi connectivity index (χ2n) is 5.90. The van der Waals surface area contributed by atoms with Crippen molar-refractivity contribution in [2.24, 2.45) is 0 Å². The molecule has 0 radical (unpaired) electrons.